The highest BCUT2D eigenvalue weighted by Crippen LogP contribution is 2.05. The molecule has 106 valence electrons. The van der Waals surface area contributed by atoms with Crippen LogP contribution in [0.2, 0.25) is 10.0 Å². The van der Waals surface area contributed by atoms with Crippen LogP contribution in [0.25, 0.3) is 0 Å². The van der Waals surface area contributed by atoms with E-state index < -0.39 is 5.56 Å². The fraction of sp³-hybridized carbons (Fsp3) is 0.250. The van der Waals surface area contributed by atoms with E-state index in [2.05, 4.69) is 15.4 Å². The number of nitrogens with one attached hydrogen (secondary N) is 2. The Morgan fingerprint density at radius 2 is 2.25 bits per heavy atom. The van der Waals surface area contributed by atoms with Crippen LogP contribution in [0.5, 0.6) is 0 Å². The number of rotatable bonds is 5. The second kappa shape index (κ2) is 6.58. The van der Waals surface area contributed by atoms with Crippen molar-refractivity contribution in [2.75, 3.05) is 6.54 Å². The first-order valence-electron chi connectivity index (χ1n) is 5.90. The monoisotopic (exact) mass is 314 g/mol. The minimum Gasteiger partial charge on any atom is -0.352 e. The molecule has 2 N–H and O–H groups in total. The summed E-state index contributed by atoms with van der Waals surface area (Å²) < 4.78 is 1.70. The Kier molecular flexibility index (Phi) is 4.81. The number of hydrogen-bond acceptors (Lipinski definition) is 3. The number of amides is 1. The Morgan fingerprint density at radius 1 is 1.45 bits per heavy atom. The van der Waals surface area contributed by atoms with E-state index in [4.69, 9.17) is 23.2 Å². The van der Waals surface area contributed by atoms with Gasteiger partial charge >= 0.3 is 0 Å². The summed E-state index contributed by atoms with van der Waals surface area (Å²) in [6, 6.07) is 1.34. The van der Waals surface area contributed by atoms with Gasteiger partial charge < -0.3 is 10.3 Å². The zero-order chi connectivity index (χ0) is 14.5. The Bertz CT molecular complexity index is 665. The predicted octanol–water partition coefficient (Wildman–Crippen LogP) is 1.70. The highest BCUT2D eigenvalue weighted by molar-refractivity contribution is 6.30. The van der Waals surface area contributed by atoms with Gasteiger partial charge in [0.25, 0.3) is 11.5 Å². The molecule has 2 heterocycles. The van der Waals surface area contributed by atoms with Gasteiger partial charge in [0.2, 0.25) is 0 Å². The molecule has 0 saturated carbocycles. The molecule has 0 bridgehead atoms. The lowest BCUT2D eigenvalue weighted by atomic mass is 10.2. The number of nitrogens with zero attached hydrogens (tertiary/aromatic N) is 2. The maximum Gasteiger partial charge on any atom is 0.266 e. The first-order valence-corrected chi connectivity index (χ1v) is 6.66. The molecule has 0 radical (unpaired) electrons. The van der Waals surface area contributed by atoms with Crippen LogP contribution < -0.4 is 10.9 Å². The Labute approximate surface area is 124 Å². The summed E-state index contributed by atoms with van der Waals surface area (Å²) in [4.78, 5) is 25.3. The Morgan fingerprint density at radius 3 is 2.90 bits per heavy atom. The van der Waals surface area contributed by atoms with Gasteiger partial charge in [0.1, 0.15) is 5.02 Å². The number of aromatic amines is 1. The summed E-state index contributed by atoms with van der Waals surface area (Å²) in [6.07, 6.45) is 5.31. The van der Waals surface area contributed by atoms with Gasteiger partial charge in [0, 0.05) is 25.5 Å². The van der Waals surface area contributed by atoms with Crippen molar-refractivity contribution >= 4 is 29.1 Å². The topological polar surface area (TPSA) is 79.8 Å². The number of aromatic nitrogens is 3. The first-order chi connectivity index (χ1) is 9.56. The summed E-state index contributed by atoms with van der Waals surface area (Å²) in [5, 5.41) is 7.33. The summed E-state index contributed by atoms with van der Waals surface area (Å²) in [7, 11) is 0. The number of halogens is 2. The molecule has 1 amide bonds. The number of carbonyl (C=O) groups is 1. The van der Waals surface area contributed by atoms with Crippen molar-refractivity contribution < 1.29 is 4.79 Å². The van der Waals surface area contributed by atoms with E-state index in [0.717, 1.165) is 0 Å². The van der Waals surface area contributed by atoms with Crippen LogP contribution in [-0.2, 0) is 6.54 Å². The van der Waals surface area contributed by atoms with Crippen LogP contribution >= 0.6 is 23.2 Å². The van der Waals surface area contributed by atoms with E-state index in [0.29, 0.717) is 30.1 Å². The number of hydrogen-bond donors (Lipinski definition) is 2. The molecule has 8 heteroatoms. The molecule has 0 spiro atoms. The molecule has 2 aromatic rings. The molecular weight excluding hydrogens is 303 g/mol. The highest BCUT2D eigenvalue weighted by atomic mass is 35.5. The van der Waals surface area contributed by atoms with Gasteiger partial charge in [-0.25, -0.2) is 0 Å². The molecule has 0 fully saturated rings. The lowest BCUT2D eigenvalue weighted by Crippen LogP contribution is -2.26. The van der Waals surface area contributed by atoms with Gasteiger partial charge in [0.15, 0.2) is 0 Å². The van der Waals surface area contributed by atoms with Gasteiger partial charge in [0.05, 0.1) is 16.8 Å². The van der Waals surface area contributed by atoms with Gasteiger partial charge in [-0.2, -0.15) is 5.10 Å². The molecule has 0 atom stereocenters. The van der Waals surface area contributed by atoms with E-state index >= 15 is 0 Å². The molecule has 0 saturated heterocycles. The quantitative estimate of drug-likeness (QED) is 0.824. The third-order valence-electron chi connectivity index (χ3n) is 2.57. The van der Waals surface area contributed by atoms with Gasteiger partial charge in [-0.3, -0.25) is 14.3 Å². The molecule has 2 aromatic heterocycles. The minimum absolute atomic E-state index is 0.0103. The maximum atomic E-state index is 11.8. The molecule has 20 heavy (non-hydrogen) atoms. The summed E-state index contributed by atoms with van der Waals surface area (Å²) >= 11 is 11.4. The predicted molar refractivity (Wildman–Crippen MR) is 76.3 cm³/mol. The fourth-order valence-electron chi connectivity index (χ4n) is 1.59. The number of carbonyl (C=O) groups excluding carboxylic acids is 1. The van der Waals surface area contributed by atoms with Crippen LogP contribution in [0.15, 0.2) is 29.5 Å². The van der Waals surface area contributed by atoms with Crippen molar-refractivity contribution in [3.05, 3.63) is 50.6 Å². The summed E-state index contributed by atoms with van der Waals surface area (Å²) in [6.45, 7) is 1.13. The summed E-state index contributed by atoms with van der Waals surface area (Å²) in [5.74, 6) is -0.290. The Hall–Kier alpha value is -1.79. The molecule has 0 aliphatic rings. The third-order valence-corrected chi connectivity index (χ3v) is 3.05. The van der Waals surface area contributed by atoms with E-state index in [1.165, 1.54) is 12.3 Å². The van der Waals surface area contributed by atoms with Gasteiger partial charge in [-0.1, -0.05) is 23.2 Å². The number of pyridine rings is 1. The number of aryl methyl sites for hydroxylation is 1. The highest BCUT2D eigenvalue weighted by Gasteiger charge is 2.07. The van der Waals surface area contributed by atoms with E-state index in [1.54, 1.807) is 17.1 Å². The lowest BCUT2D eigenvalue weighted by molar-refractivity contribution is 0.0952. The molecular formula is C12H12Cl2N4O2. The molecule has 0 aliphatic carbocycles. The fourth-order valence-corrected chi connectivity index (χ4v) is 1.92. The largest absolute Gasteiger partial charge is 0.352 e. The standard InChI is InChI=1S/C12H12Cl2N4O2/c13-9-6-17-18(7-9)3-1-2-15-11(19)8-4-10(14)12(20)16-5-8/h4-7H,1-3H2,(H,15,19)(H,16,20). The third kappa shape index (κ3) is 3.85. The van der Waals surface area contributed by atoms with Crippen molar-refractivity contribution in [3.63, 3.8) is 0 Å². The molecule has 0 aliphatic heterocycles. The minimum atomic E-state index is -0.418. The first kappa shape index (κ1) is 14.6. The smallest absolute Gasteiger partial charge is 0.266 e. The molecule has 2 rings (SSSR count). The van der Waals surface area contributed by atoms with E-state index in [-0.39, 0.29) is 10.9 Å². The maximum absolute atomic E-state index is 11.8. The van der Waals surface area contributed by atoms with Crippen LogP contribution in [0, 0.1) is 0 Å². The van der Waals surface area contributed by atoms with Crippen molar-refractivity contribution in [1.82, 2.24) is 20.1 Å². The normalized spacial score (nSPS) is 10.5. The van der Waals surface area contributed by atoms with Crippen LogP contribution in [-0.4, -0.2) is 27.2 Å². The second-order valence-corrected chi connectivity index (χ2v) is 4.94. The van der Waals surface area contributed by atoms with Crippen LogP contribution in [0.3, 0.4) is 0 Å². The molecule has 0 aromatic carbocycles. The van der Waals surface area contributed by atoms with Crippen molar-refractivity contribution in [2.45, 2.75) is 13.0 Å². The zero-order valence-corrected chi connectivity index (χ0v) is 11.9. The molecule has 0 unspecified atom stereocenters. The average Bonchev–Trinajstić information content (AvgIpc) is 2.83. The van der Waals surface area contributed by atoms with Crippen molar-refractivity contribution in [2.24, 2.45) is 0 Å². The van der Waals surface area contributed by atoms with Crippen LogP contribution in [0.1, 0.15) is 16.8 Å². The molecule has 6 nitrogen and oxygen atoms in total. The number of H-pyrrole nitrogens is 1. The SMILES string of the molecule is O=C(NCCCn1cc(Cl)cn1)c1c[nH]c(=O)c(Cl)c1. The lowest BCUT2D eigenvalue weighted by Gasteiger charge is -2.05. The zero-order valence-electron chi connectivity index (χ0n) is 10.4. The van der Waals surface area contributed by atoms with Crippen molar-refractivity contribution in [3.8, 4) is 0 Å². The van der Waals surface area contributed by atoms with Gasteiger partial charge in [-0.15, -0.1) is 0 Å². The second-order valence-electron chi connectivity index (χ2n) is 4.10. The van der Waals surface area contributed by atoms with E-state index in [1.807, 2.05) is 0 Å². The van der Waals surface area contributed by atoms with Crippen molar-refractivity contribution in [1.29, 1.82) is 0 Å². The average molecular weight is 315 g/mol. The Balaban J connectivity index is 1.80. The van der Waals surface area contributed by atoms with Crippen LogP contribution in [0.4, 0.5) is 0 Å². The van der Waals surface area contributed by atoms with Gasteiger partial charge in [-0.05, 0) is 12.5 Å². The van der Waals surface area contributed by atoms with E-state index in [9.17, 15) is 9.59 Å². The summed E-state index contributed by atoms with van der Waals surface area (Å²) in [5.41, 5.74) is -0.101.